The molecular formula is C14H18F3NO. The topological polar surface area (TPSA) is 21.3 Å². The number of likely N-dealkylation sites (N-methyl/N-ethyl adjacent to an activating group) is 1. The molecule has 0 spiro atoms. The predicted octanol–water partition coefficient (Wildman–Crippen LogP) is 3.61. The fourth-order valence-corrected chi connectivity index (χ4v) is 2.53. The van der Waals surface area contributed by atoms with Crippen molar-refractivity contribution in [3.63, 3.8) is 0 Å². The van der Waals surface area contributed by atoms with Crippen LogP contribution in [0.2, 0.25) is 0 Å². The standard InChI is InChI=1S/C14H18F3NO/c1-2-18-11-7-5-9-13(11)19-12-8-4-3-6-10(12)14(15,16)17/h3-4,6,8,11,13,18H,2,5,7,9H2,1H3. The van der Waals surface area contributed by atoms with Gasteiger partial charge in [0.25, 0.3) is 0 Å². The van der Waals surface area contributed by atoms with Crippen LogP contribution < -0.4 is 10.1 Å². The highest BCUT2D eigenvalue weighted by Gasteiger charge is 2.36. The first-order valence-electron chi connectivity index (χ1n) is 6.58. The van der Waals surface area contributed by atoms with E-state index in [-0.39, 0.29) is 17.9 Å². The second-order valence-electron chi connectivity index (χ2n) is 4.75. The van der Waals surface area contributed by atoms with E-state index in [1.807, 2.05) is 6.92 Å². The number of ether oxygens (including phenoxy) is 1. The highest BCUT2D eigenvalue weighted by molar-refractivity contribution is 5.35. The Morgan fingerprint density at radius 3 is 2.68 bits per heavy atom. The van der Waals surface area contributed by atoms with Crippen LogP contribution in [0, 0.1) is 0 Å². The lowest BCUT2D eigenvalue weighted by Gasteiger charge is -2.23. The van der Waals surface area contributed by atoms with Crippen LogP contribution in [0.4, 0.5) is 13.2 Å². The molecule has 0 aromatic heterocycles. The highest BCUT2D eigenvalue weighted by atomic mass is 19.4. The van der Waals surface area contributed by atoms with Crippen molar-refractivity contribution >= 4 is 0 Å². The Hall–Kier alpha value is -1.23. The number of rotatable bonds is 4. The normalized spacial score (nSPS) is 23.6. The van der Waals surface area contributed by atoms with Crippen LogP contribution in [-0.4, -0.2) is 18.7 Å². The van der Waals surface area contributed by atoms with Crippen molar-refractivity contribution in [2.45, 2.75) is 44.5 Å². The van der Waals surface area contributed by atoms with E-state index < -0.39 is 11.7 Å². The maximum absolute atomic E-state index is 12.9. The van der Waals surface area contributed by atoms with Crippen molar-refractivity contribution in [2.75, 3.05) is 6.54 Å². The van der Waals surface area contributed by atoms with Gasteiger partial charge in [0, 0.05) is 6.04 Å². The summed E-state index contributed by atoms with van der Waals surface area (Å²) in [4.78, 5) is 0. The molecule has 1 aliphatic carbocycles. The Bertz CT molecular complexity index is 419. The SMILES string of the molecule is CCNC1CCCC1Oc1ccccc1C(F)(F)F. The van der Waals surface area contributed by atoms with Crippen LogP contribution in [-0.2, 0) is 6.18 Å². The van der Waals surface area contributed by atoms with Gasteiger partial charge in [-0.2, -0.15) is 13.2 Å². The fourth-order valence-electron chi connectivity index (χ4n) is 2.53. The Labute approximate surface area is 111 Å². The number of alkyl halides is 3. The summed E-state index contributed by atoms with van der Waals surface area (Å²) in [6, 6.07) is 5.55. The van der Waals surface area contributed by atoms with Gasteiger partial charge < -0.3 is 10.1 Å². The lowest BCUT2D eigenvalue weighted by atomic mass is 10.1. The van der Waals surface area contributed by atoms with E-state index in [2.05, 4.69) is 5.32 Å². The van der Waals surface area contributed by atoms with E-state index in [0.29, 0.717) is 0 Å². The predicted molar refractivity (Wildman–Crippen MR) is 67.2 cm³/mol. The third-order valence-electron chi connectivity index (χ3n) is 3.39. The van der Waals surface area contributed by atoms with Crippen LogP contribution >= 0.6 is 0 Å². The van der Waals surface area contributed by atoms with E-state index in [1.165, 1.54) is 12.1 Å². The first-order valence-corrected chi connectivity index (χ1v) is 6.58. The molecule has 106 valence electrons. The Morgan fingerprint density at radius 1 is 1.26 bits per heavy atom. The monoisotopic (exact) mass is 273 g/mol. The van der Waals surface area contributed by atoms with Crippen molar-refractivity contribution in [3.8, 4) is 5.75 Å². The second kappa shape index (κ2) is 5.82. The van der Waals surface area contributed by atoms with Crippen LogP contribution in [0.1, 0.15) is 31.7 Å². The van der Waals surface area contributed by atoms with E-state index in [9.17, 15) is 13.2 Å². The molecule has 1 saturated carbocycles. The Balaban J connectivity index is 2.15. The molecule has 1 aromatic rings. The summed E-state index contributed by atoms with van der Waals surface area (Å²) in [5.74, 6) is -0.0650. The fraction of sp³-hybridized carbons (Fsp3) is 0.571. The lowest BCUT2D eigenvalue weighted by Crippen LogP contribution is -2.39. The van der Waals surface area contributed by atoms with Crippen molar-refractivity contribution < 1.29 is 17.9 Å². The van der Waals surface area contributed by atoms with E-state index in [0.717, 1.165) is 31.9 Å². The summed E-state index contributed by atoms with van der Waals surface area (Å²) in [5.41, 5.74) is -0.697. The minimum Gasteiger partial charge on any atom is -0.488 e. The van der Waals surface area contributed by atoms with Gasteiger partial charge in [-0.25, -0.2) is 0 Å². The quantitative estimate of drug-likeness (QED) is 0.904. The maximum Gasteiger partial charge on any atom is 0.419 e. The zero-order chi connectivity index (χ0) is 13.9. The van der Waals surface area contributed by atoms with E-state index >= 15 is 0 Å². The van der Waals surface area contributed by atoms with Gasteiger partial charge in [-0.3, -0.25) is 0 Å². The van der Waals surface area contributed by atoms with Crippen molar-refractivity contribution in [1.29, 1.82) is 0 Å². The molecule has 0 saturated heterocycles. The molecule has 0 aliphatic heterocycles. The first-order chi connectivity index (χ1) is 9.02. The minimum atomic E-state index is -4.37. The van der Waals surface area contributed by atoms with Crippen LogP contribution in [0.15, 0.2) is 24.3 Å². The summed E-state index contributed by atoms with van der Waals surface area (Å²) in [7, 11) is 0. The molecule has 1 aliphatic rings. The number of hydrogen-bond donors (Lipinski definition) is 1. The van der Waals surface area contributed by atoms with Crippen molar-refractivity contribution in [3.05, 3.63) is 29.8 Å². The number of para-hydroxylation sites is 1. The van der Waals surface area contributed by atoms with E-state index in [1.54, 1.807) is 6.07 Å². The number of nitrogens with one attached hydrogen (secondary N) is 1. The largest absolute Gasteiger partial charge is 0.488 e. The summed E-state index contributed by atoms with van der Waals surface area (Å²) in [6.07, 6.45) is -1.82. The number of benzene rings is 1. The van der Waals surface area contributed by atoms with Gasteiger partial charge in [-0.15, -0.1) is 0 Å². The van der Waals surface area contributed by atoms with Gasteiger partial charge in [0.1, 0.15) is 11.9 Å². The van der Waals surface area contributed by atoms with Gasteiger partial charge in [-0.1, -0.05) is 19.1 Å². The average molecular weight is 273 g/mol. The molecule has 2 unspecified atom stereocenters. The maximum atomic E-state index is 12.9. The van der Waals surface area contributed by atoms with Gasteiger partial charge in [0.05, 0.1) is 5.56 Å². The molecule has 0 bridgehead atoms. The molecule has 1 aromatic carbocycles. The van der Waals surface area contributed by atoms with Crippen molar-refractivity contribution in [1.82, 2.24) is 5.32 Å². The summed E-state index contributed by atoms with van der Waals surface area (Å²) in [5, 5.41) is 3.27. The smallest absolute Gasteiger partial charge is 0.419 e. The number of hydrogen-bond acceptors (Lipinski definition) is 2. The Kier molecular flexibility index (Phi) is 4.34. The summed E-state index contributed by atoms with van der Waals surface area (Å²) < 4.78 is 44.2. The van der Waals surface area contributed by atoms with Gasteiger partial charge >= 0.3 is 6.18 Å². The molecule has 5 heteroatoms. The van der Waals surface area contributed by atoms with Gasteiger partial charge in [-0.05, 0) is 37.9 Å². The number of halogens is 3. The van der Waals surface area contributed by atoms with Crippen LogP contribution in [0.3, 0.4) is 0 Å². The van der Waals surface area contributed by atoms with Gasteiger partial charge in [0.2, 0.25) is 0 Å². The first kappa shape index (κ1) is 14.2. The molecule has 0 amide bonds. The summed E-state index contributed by atoms with van der Waals surface area (Å²) >= 11 is 0. The molecule has 2 atom stereocenters. The zero-order valence-corrected chi connectivity index (χ0v) is 10.8. The van der Waals surface area contributed by atoms with Crippen molar-refractivity contribution in [2.24, 2.45) is 0 Å². The molecule has 1 N–H and O–H groups in total. The third kappa shape index (κ3) is 3.41. The molecule has 0 heterocycles. The van der Waals surface area contributed by atoms with Crippen LogP contribution in [0.5, 0.6) is 5.75 Å². The molecule has 0 radical (unpaired) electrons. The van der Waals surface area contributed by atoms with E-state index in [4.69, 9.17) is 4.74 Å². The third-order valence-corrected chi connectivity index (χ3v) is 3.39. The minimum absolute atomic E-state index is 0.0650. The average Bonchev–Trinajstić information content (AvgIpc) is 2.77. The van der Waals surface area contributed by atoms with Crippen LogP contribution in [0.25, 0.3) is 0 Å². The van der Waals surface area contributed by atoms with Gasteiger partial charge in [0.15, 0.2) is 0 Å². The molecule has 19 heavy (non-hydrogen) atoms. The molecular weight excluding hydrogens is 255 g/mol. The molecule has 1 fully saturated rings. The molecule has 2 nitrogen and oxygen atoms in total. The highest BCUT2D eigenvalue weighted by Crippen LogP contribution is 2.37. The summed E-state index contributed by atoms with van der Waals surface area (Å²) in [6.45, 7) is 2.78. The lowest BCUT2D eigenvalue weighted by molar-refractivity contribution is -0.139. The Morgan fingerprint density at radius 2 is 2.00 bits per heavy atom. The zero-order valence-electron chi connectivity index (χ0n) is 10.8. The molecule has 2 rings (SSSR count). The second-order valence-corrected chi connectivity index (χ2v) is 4.75.